The topological polar surface area (TPSA) is 12.5 Å². The predicted octanol–water partition coefficient (Wildman–Crippen LogP) is 4.83. The summed E-state index contributed by atoms with van der Waals surface area (Å²) in [5, 5.41) is 0. The third kappa shape index (κ3) is 4.57. The van der Waals surface area contributed by atoms with Crippen LogP contribution in [0.5, 0.6) is 5.75 Å². The molecule has 0 unspecified atom stereocenters. The lowest BCUT2D eigenvalue weighted by Gasteiger charge is -2.23. The number of rotatable bonds is 6. The highest BCUT2D eigenvalue weighted by Crippen LogP contribution is 2.23. The normalized spacial score (nSPS) is 10.2. The molecule has 0 aliphatic rings. The van der Waals surface area contributed by atoms with E-state index in [-0.39, 0.29) is 0 Å². The molecule has 0 spiro atoms. The van der Waals surface area contributed by atoms with Gasteiger partial charge in [-0.15, -0.1) is 0 Å². The summed E-state index contributed by atoms with van der Waals surface area (Å²) in [6, 6.07) is 18.3. The van der Waals surface area contributed by atoms with Gasteiger partial charge in [-0.2, -0.15) is 0 Å². The molecule has 2 rings (SSSR count). The van der Waals surface area contributed by atoms with Crippen LogP contribution < -0.4 is 9.64 Å². The van der Waals surface area contributed by atoms with Crippen molar-refractivity contribution < 1.29 is 4.74 Å². The van der Waals surface area contributed by atoms with Crippen LogP contribution in [0.25, 0.3) is 0 Å². The first-order valence-corrected chi connectivity index (χ1v) is 7.66. The van der Waals surface area contributed by atoms with E-state index in [1.807, 2.05) is 37.3 Å². The fraction of sp³-hybridized carbons (Fsp3) is 0.278. The first-order chi connectivity index (χ1) is 10.2. The van der Waals surface area contributed by atoms with Gasteiger partial charge in [0.05, 0.1) is 4.99 Å². The molecule has 110 valence electrons. The number of hydrogen-bond acceptors (Lipinski definition) is 2. The molecule has 0 saturated carbocycles. The molecule has 21 heavy (non-hydrogen) atoms. The summed E-state index contributed by atoms with van der Waals surface area (Å²) >= 11 is 5.33. The number of anilines is 1. The second-order valence-corrected chi connectivity index (χ2v) is 5.53. The summed E-state index contributed by atoms with van der Waals surface area (Å²) in [5.74, 6) is 0.869. The number of hydrogen-bond donors (Lipinski definition) is 0. The molecule has 0 aliphatic heterocycles. The van der Waals surface area contributed by atoms with Gasteiger partial charge in [0.15, 0.2) is 0 Å². The summed E-state index contributed by atoms with van der Waals surface area (Å²) in [6.07, 6.45) is 1.06. The van der Waals surface area contributed by atoms with Crippen molar-refractivity contribution in [2.75, 3.05) is 11.4 Å². The Bertz CT molecular complexity index is 583. The zero-order valence-electron chi connectivity index (χ0n) is 12.6. The Morgan fingerprint density at radius 2 is 1.86 bits per heavy atom. The molecule has 0 aliphatic carbocycles. The summed E-state index contributed by atoms with van der Waals surface area (Å²) in [4.78, 5) is 3.03. The molecule has 0 radical (unpaired) electrons. The molecule has 2 nitrogen and oxygen atoms in total. The molecule has 0 aromatic heterocycles. The SMILES string of the molecule is CCCN(C(C)=S)c1cccc(OCc2ccccc2)c1. The maximum atomic E-state index is 5.87. The quantitative estimate of drug-likeness (QED) is 0.709. The standard InChI is InChI=1S/C18H21NOS/c1-3-12-19(15(2)21)17-10-7-11-18(13-17)20-14-16-8-5-4-6-9-16/h4-11,13H,3,12,14H2,1-2H3. The van der Waals surface area contributed by atoms with Crippen molar-refractivity contribution in [1.29, 1.82) is 0 Å². The van der Waals surface area contributed by atoms with Gasteiger partial charge in [-0.25, -0.2) is 0 Å². The van der Waals surface area contributed by atoms with Gasteiger partial charge >= 0.3 is 0 Å². The van der Waals surface area contributed by atoms with Crippen molar-refractivity contribution in [3.05, 3.63) is 60.2 Å². The van der Waals surface area contributed by atoms with Crippen molar-refractivity contribution in [1.82, 2.24) is 0 Å². The number of nitrogens with zero attached hydrogens (tertiary/aromatic N) is 1. The molecular formula is C18H21NOS. The lowest BCUT2D eigenvalue weighted by molar-refractivity contribution is 0.306. The van der Waals surface area contributed by atoms with Crippen molar-refractivity contribution in [2.24, 2.45) is 0 Å². The smallest absolute Gasteiger partial charge is 0.121 e. The molecule has 2 aromatic rings. The van der Waals surface area contributed by atoms with Gasteiger partial charge in [0.2, 0.25) is 0 Å². The Kier molecular flexibility index (Phi) is 5.76. The highest BCUT2D eigenvalue weighted by molar-refractivity contribution is 7.80. The van der Waals surface area contributed by atoms with Gasteiger partial charge in [-0.1, -0.05) is 55.5 Å². The van der Waals surface area contributed by atoms with Crippen LogP contribution >= 0.6 is 12.2 Å². The first kappa shape index (κ1) is 15.5. The van der Waals surface area contributed by atoms with E-state index in [1.165, 1.54) is 5.56 Å². The van der Waals surface area contributed by atoms with Crippen LogP contribution in [0.2, 0.25) is 0 Å². The van der Waals surface area contributed by atoms with E-state index in [0.717, 1.165) is 29.4 Å². The second-order valence-electron chi connectivity index (χ2n) is 4.94. The average molecular weight is 299 g/mol. The molecule has 0 heterocycles. The van der Waals surface area contributed by atoms with Crippen LogP contribution in [-0.2, 0) is 6.61 Å². The molecule has 2 aromatic carbocycles. The highest BCUT2D eigenvalue weighted by Gasteiger charge is 2.08. The van der Waals surface area contributed by atoms with Crippen molar-refractivity contribution >= 4 is 22.9 Å². The molecule has 3 heteroatoms. The van der Waals surface area contributed by atoms with Gasteiger partial charge in [-0.05, 0) is 31.0 Å². The minimum absolute atomic E-state index is 0.578. The Hall–Kier alpha value is -1.87. The van der Waals surface area contributed by atoms with E-state index in [4.69, 9.17) is 17.0 Å². The van der Waals surface area contributed by atoms with Gasteiger partial charge in [-0.3, -0.25) is 0 Å². The predicted molar refractivity (Wildman–Crippen MR) is 93.1 cm³/mol. The minimum atomic E-state index is 0.578. The van der Waals surface area contributed by atoms with Crippen molar-refractivity contribution in [3.8, 4) is 5.75 Å². The zero-order chi connectivity index (χ0) is 15.1. The van der Waals surface area contributed by atoms with Crippen LogP contribution in [-0.4, -0.2) is 11.5 Å². The van der Waals surface area contributed by atoms with E-state index in [2.05, 4.69) is 36.1 Å². The molecule has 0 amide bonds. The minimum Gasteiger partial charge on any atom is -0.489 e. The lowest BCUT2D eigenvalue weighted by Crippen LogP contribution is -2.27. The van der Waals surface area contributed by atoms with Crippen molar-refractivity contribution in [3.63, 3.8) is 0 Å². The molecule has 0 bridgehead atoms. The molecular weight excluding hydrogens is 278 g/mol. The number of ether oxygens (including phenoxy) is 1. The van der Waals surface area contributed by atoms with Gasteiger partial charge in [0, 0.05) is 18.3 Å². The van der Waals surface area contributed by atoms with E-state index in [0.29, 0.717) is 6.61 Å². The van der Waals surface area contributed by atoms with Gasteiger partial charge in [0.1, 0.15) is 12.4 Å². The van der Waals surface area contributed by atoms with Crippen LogP contribution in [0.4, 0.5) is 5.69 Å². The fourth-order valence-corrected chi connectivity index (χ4v) is 2.37. The Morgan fingerprint density at radius 1 is 1.10 bits per heavy atom. The van der Waals surface area contributed by atoms with Gasteiger partial charge in [0.25, 0.3) is 0 Å². The summed E-state index contributed by atoms with van der Waals surface area (Å²) < 4.78 is 5.87. The maximum absolute atomic E-state index is 5.87. The second kappa shape index (κ2) is 7.79. The largest absolute Gasteiger partial charge is 0.489 e. The monoisotopic (exact) mass is 299 g/mol. The number of benzene rings is 2. The fourth-order valence-electron chi connectivity index (χ4n) is 2.17. The van der Waals surface area contributed by atoms with E-state index in [1.54, 1.807) is 0 Å². The first-order valence-electron chi connectivity index (χ1n) is 7.25. The van der Waals surface area contributed by atoms with E-state index < -0.39 is 0 Å². The Balaban J connectivity index is 2.08. The highest BCUT2D eigenvalue weighted by atomic mass is 32.1. The Labute approximate surface area is 132 Å². The molecule has 0 saturated heterocycles. The van der Waals surface area contributed by atoms with E-state index >= 15 is 0 Å². The van der Waals surface area contributed by atoms with Crippen molar-refractivity contribution in [2.45, 2.75) is 26.9 Å². The maximum Gasteiger partial charge on any atom is 0.121 e. The summed E-state index contributed by atoms with van der Waals surface area (Å²) in [5.41, 5.74) is 2.26. The van der Waals surface area contributed by atoms with Crippen LogP contribution in [0.1, 0.15) is 25.8 Å². The van der Waals surface area contributed by atoms with Gasteiger partial charge < -0.3 is 9.64 Å². The Morgan fingerprint density at radius 3 is 2.52 bits per heavy atom. The molecule has 0 N–H and O–H groups in total. The zero-order valence-corrected chi connectivity index (χ0v) is 13.4. The molecule has 0 atom stereocenters. The summed E-state index contributed by atoms with van der Waals surface area (Å²) in [6.45, 7) is 5.62. The van der Waals surface area contributed by atoms with Crippen LogP contribution in [0.3, 0.4) is 0 Å². The third-order valence-corrected chi connectivity index (χ3v) is 3.43. The van der Waals surface area contributed by atoms with Crippen LogP contribution in [0.15, 0.2) is 54.6 Å². The van der Waals surface area contributed by atoms with E-state index in [9.17, 15) is 0 Å². The third-order valence-electron chi connectivity index (χ3n) is 3.20. The molecule has 0 fully saturated rings. The lowest BCUT2D eigenvalue weighted by atomic mass is 10.2. The number of thiocarbonyl (C=S) groups is 1. The van der Waals surface area contributed by atoms with Crippen LogP contribution in [0, 0.1) is 0 Å². The summed E-state index contributed by atoms with van der Waals surface area (Å²) in [7, 11) is 0. The average Bonchev–Trinajstić information content (AvgIpc) is 2.51.